The quantitative estimate of drug-likeness (QED) is 0.873. The van der Waals surface area contributed by atoms with Gasteiger partial charge in [-0.15, -0.1) is 0 Å². The number of nitrogens with zero attached hydrogens (tertiary/aromatic N) is 1. The summed E-state index contributed by atoms with van der Waals surface area (Å²) in [6.45, 7) is 6.85. The van der Waals surface area contributed by atoms with Crippen molar-refractivity contribution in [2.24, 2.45) is 0 Å². The van der Waals surface area contributed by atoms with E-state index in [1.807, 2.05) is 12.3 Å². The number of aromatic carboxylic acids is 1. The maximum absolute atomic E-state index is 10.8. The van der Waals surface area contributed by atoms with Crippen LogP contribution in [0.5, 0.6) is 0 Å². The van der Waals surface area contributed by atoms with Gasteiger partial charge in [0.2, 0.25) is 0 Å². The van der Waals surface area contributed by atoms with Crippen molar-refractivity contribution in [2.75, 3.05) is 0 Å². The van der Waals surface area contributed by atoms with Gasteiger partial charge in [0, 0.05) is 11.8 Å². The van der Waals surface area contributed by atoms with Crippen LogP contribution in [0.25, 0.3) is 11.3 Å². The fourth-order valence-corrected chi connectivity index (χ4v) is 2.83. The average molecular weight is 271 g/mol. The molecule has 4 heteroatoms. The molecule has 0 unspecified atom stereocenters. The fraction of sp³-hybridized carbons (Fsp3) is 0.200. The predicted octanol–water partition coefficient (Wildman–Crippen LogP) is 2.99. The van der Waals surface area contributed by atoms with Gasteiger partial charge in [-0.25, -0.2) is 4.79 Å². The first-order valence-electron chi connectivity index (χ1n) is 6.18. The molecule has 1 aromatic heterocycles. The number of hydrogen-bond acceptors (Lipinski definition) is 2. The number of aromatic nitrogens is 1. The molecule has 0 aliphatic heterocycles. The lowest BCUT2D eigenvalue weighted by Gasteiger charge is -2.16. The number of pyridine rings is 1. The van der Waals surface area contributed by atoms with Gasteiger partial charge in [-0.2, -0.15) is 0 Å². The van der Waals surface area contributed by atoms with Crippen molar-refractivity contribution in [1.29, 1.82) is 0 Å². The summed E-state index contributed by atoms with van der Waals surface area (Å²) in [7, 11) is -1.32. The van der Waals surface area contributed by atoms with Gasteiger partial charge in [0.25, 0.3) is 0 Å². The largest absolute Gasteiger partial charge is 0.478 e. The summed E-state index contributed by atoms with van der Waals surface area (Å²) in [5.74, 6) is -0.909. The molecule has 19 heavy (non-hydrogen) atoms. The molecule has 3 nitrogen and oxygen atoms in total. The minimum absolute atomic E-state index is 0.294. The van der Waals surface area contributed by atoms with Crippen molar-refractivity contribution >= 4 is 19.2 Å². The average Bonchev–Trinajstić information content (AvgIpc) is 2.38. The number of rotatable bonds is 3. The van der Waals surface area contributed by atoms with E-state index >= 15 is 0 Å². The zero-order valence-corrected chi connectivity index (χ0v) is 12.3. The lowest BCUT2D eigenvalue weighted by Crippen LogP contribution is -2.37. The van der Waals surface area contributed by atoms with Crippen molar-refractivity contribution in [3.8, 4) is 11.3 Å². The molecule has 0 amide bonds. The highest BCUT2D eigenvalue weighted by molar-refractivity contribution is 6.88. The molecule has 0 bridgehead atoms. The standard InChI is InChI=1S/C15H17NO2Si/c1-19(2,3)13-8-9-14(16-10-13)11-4-6-12(7-5-11)15(17)18/h4-10H,1-3H3,(H,17,18). The molecule has 1 N–H and O–H groups in total. The van der Waals surface area contributed by atoms with Gasteiger partial charge >= 0.3 is 5.97 Å². The van der Waals surface area contributed by atoms with E-state index in [1.165, 1.54) is 5.19 Å². The summed E-state index contributed by atoms with van der Waals surface area (Å²) in [6.07, 6.45) is 1.94. The molecule has 2 aromatic rings. The minimum atomic E-state index is -1.32. The maximum atomic E-state index is 10.8. The van der Waals surface area contributed by atoms with Crippen molar-refractivity contribution in [2.45, 2.75) is 19.6 Å². The van der Waals surface area contributed by atoms with E-state index in [9.17, 15) is 4.79 Å². The molecular formula is C15H17NO2Si. The van der Waals surface area contributed by atoms with E-state index in [2.05, 4.69) is 30.7 Å². The number of carbonyl (C=O) groups is 1. The molecule has 1 aromatic carbocycles. The molecule has 0 saturated heterocycles. The highest BCUT2D eigenvalue weighted by Gasteiger charge is 2.16. The second-order valence-electron chi connectivity index (χ2n) is 5.56. The van der Waals surface area contributed by atoms with Gasteiger partial charge in [0.1, 0.15) is 0 Å². The van der Waals surface area contributed by atoms with Crippen LogP contribution in [-0.4, -0.2) is 24.1 Å². The van der Waals surface area contributed by atoms with Crippen LogP contribution in [0.1, 0.15) is 10.4 Å². The zero-order chi connectivity index (χ0) is 14.0. The van der Waals surface area contributed by atoms with Crippen LogP contribution in [0.3, 0.4) is 0 Å². The van der Waals surface area contributed by atoms with E-state index in [4.69, 9.17) is 5.11 Å². The summed E-state index contributed by atoms with van der Waals surface area (Å²) in [5, 5.41) is 10.2. The Hall–Kier alpha value is -1.94. The van der Waals surface area contributed by atoms with Gasteiger partial charge in [-0.3, -0.25) is 4.98 Å². The minimum Gasteiger partial charge on any atom is -0.478 e. The van der Waals surface area contributed by atoms with Gasteiger partial charge in [0.15, 0.2) is 0 Å². The Kier molecular flexibility index (Phi) is 3.53. The van der Waals surface area contributed by atoms with Crippen LogP contribution in [0.2, 0.25) is 19.6 Å². The van der Waals surface area contributed by atoms with Crippen LogP contribution in [0.15, 0.2) is 42.6 Å². The number of benzene rings is 1. The lowest BCUT2D eigenvalue weighted by atomic mass is 10.1. The SMILES string of the molecule is C[Si](C)(C)c1ccc(-c2ccc(C(=O)O)cc2)nc1. The third-order valence-corrected chi connectivity index (χ3v) is 5.08. The first kappa shape index (κ1) is 13.5. The Labute approximate surface area is 114 Å². The van der Waals surface area contributed by atoms with Crippen LogP contribution in [0.4, 0.5) is 0 Å². The van der Waals surface area contributed by atoms with E-state index in [1.54, 1.807) is 24.3 Å². The van der Waals surface area contributed by atoms with Gasteiger partial charge in [0.05, 0.1) is 19.3 Å². The Bertz CT molecular complexity index is 583. The first-order chi connectivity index (χ1) is 8.88. The lowest BCUT2D eigenvalue weighted by molar-refractivity contribution is 0.0697. The van der Waals surface area contributed by atoms with E-state index in [0.29, 0.717) is 5.56 Å². The normalized spacial score (nSPS) is 11.3. The van der Waals surface area contributed by atoms with Crippen molar-refractivity contribution in [1.82, 2.24) is 4.98 Å². The van der Waals surface area contributed by atoms with E-state index < -0.39 is 14.0 Å². The molecule has 98 valence electrons. The Morgan fingerprint density at radius 3 is 2.11 bits per heavy atom. The first-order valence-corrected chi connectivity index (χ1v) is 9.68. The second kappa shape index (κ2) is 4.97. The Balaban J connectivity index is 2.30. The predicted molar refractivity (Wildman–Crippen MR) is 79.6 cm³/mol. The highest BCUT2D eigenvalue weighted by Crippen LogP contribution is 2.17. The Morgan fingerprint density at radius 2 is 1.68 bits per heavy atom. The summed E-state index contributed by atoms with van der Waals surface area (Å²) >= 11 is 0. The molecule has 0 radical (unpaired) electrons. The fourth-order valence-electron chi connectivity index (χ4n) is 1.79. The van der Waals surface area contributed by atoms with E-state index in [0.717, 1.165) is 11.3 Å². The second-order valence-corrected chi connectivity index (χ2v) is 10.6. The smallest absolute Gasteiger partial charge is 0.335 e. The van der Waals surface area contributed by atoms with E-state index in [-0.39, 0.29) is 0 Å². The number of carboxylic acid groups (broad SMARTS) is 1. The molecule has 0 atom stereocenters. The van der Waals surface area contributed by atoms with Gasteiger partial charge < -0.3 is 5.11 Å². The van der Waals surface area contributed by atoms with Gasteiger partial charge in [-0.05, 0) is 23.4 Å². The summed E-state index contributed by atoms with van der Waals surface area (Å²) in [6, 6.07) is 10.9. The number of hydrogen-bond donors (Lipinski definition) is 1. The summed E-state index contributed by atoms with van der Waals surface area (Å²) in [4.78, 5) is 15.3. The molecule has 0 aliphatic rings. The summed E-state index contributed by atoms with van der Waals surface area (Å²) in [5.41, 5.74) is 2.11. The van der Waals surface area contributed by atoms with Crippen LogP contribution in [0, 0.1) is 0 Å². The third kappa shape index (κ3) is 3.09. The third-order valence-electron chi connectivity index (χ3n) is 3.06. The zero-order valence-electron chi connectivity index (χ0n) is 11.3. The molecule has 1 heterocycles. The topological polar surface area (TPSA) is 50.2 Å². The molecule has 0 fully saturated rings. The van der Waals surface area contributed by atoms with Gasteiger partial charge in [-0.1, -0.05) is 37.8 Å². The highest BCUT2D eigenvalue weighted by atomic mass is 28.3. The number of carboxylic acids is 1. The van der Waals surface area contributed by atoms with Crippen LogP contribution in [-0.2, 0) is 0 Å². The molecule has 0 aliphatic carbocycles. The van der Waals surface area contributed by atoms with Crippen LogP contribution >= 0.6 is 0 Å². The van der Waals surface area contributed by atoms with Crippen molar-refractivity contribution in [3.63, 3.8) is 0 Å². The Morgan fingerprint density at radius 1 is 1.05 bits per heavy atom. The monoisotopic (exact) mass is 271 g/mol. The molecule has 0 saturated carbocycles. The van der Waals surface area contributed by atoms with Crippen molar-refractivity contribution < 1.29 is 9.90 Å². The van der Waals surface area contributed by atoms with Crippen LogP contribution < -0.4 is 5.19 Å². The maximum Gasteiger partial charge on any atom is 0.335 e. The molecule has 0 spiro atoms. The molecule has 2 rings (SSSR count). The molecular weight excluding hydrogens is 254 g/mol. The van der Waals surface area contributed by atoms with Crippen molar-refractivity contribution in [3.05, 3.63) is 48.2 Å². The summed E-state index contributed by atoms with van der Waals surface area (Å²) < 4.78 is 0.